The molecule has 0 saturated heterocycles. The summed E-state index contributed by atoms with van der Waals surface area (Å²) in [5, 5.41) is 28.3. The van der Waals surface area contributed by atoms with E-state index in [1.807, 2.05) is 6.92 Å². The zero-order chi connectivity index (χ0) is 25.4. The molecule has 0 aromatic carbocycles. The van der Waals surface area contributed by atoms with Gasteiger partial charge in [0.25, 0.3) is 0 Å². The van der Waals surface area contributed by atoms with Crippen LogP contribution in [0.15, 0.2) is 0 Å². The largest absolute Gasteiger partial charge is 0.395 e. The second-order valence-corrected chi connectivity index (χ2v) is 10.5. The van der Waals surface area contributed by atoms with Crippen LogP contribution < -0.4 is 11.5 Å². The number of hydrogen-bond acceptors (Lipinski definition) is 6. The SMILES string of the molecule is C[C@H](N)[C@@H](O)CCCCCCCC(=O)CCCCCCCCCCCCCC[C@@H](O)[C@@H](N)CO. The normalized spacial score (nSPS) is 15.2. The number of carbonyl (C=O) groups excluding carboxylic acids is 1. The molecule has 0 aromatic rings. The van der Waals surface area contributed by atoms with Crippen LogP contribution in [-0.2, 0) is 4.79 Å². The number of aliphatic hydroxyl groups excluding tert-OH is 3. The fourth-order valence-corrected chi connectivity index (χ4v) is 4.37. The molecule has 204 valence electrons. The van der Waals surface area contributed by atoms with E-state index in [0.29, 0.717) is 12.2 Å². The van der Waals surface area contributed by atoms with E-state index in [2.05, 4.69) is 0 Å². The summed E-state index contributed by atoms with van der Waals surface area (Å²) < 4.78 is 0. The lowest BCUT2D eigenvalue weighted by molar-refractivity contribution is -0.119. The Morgan fingerprint density at radius 2 is 0.912 bits per heavy atom. The van der Waals surface area contributed by atoms with E-state index in [9.17, 15) is 15.0 Å². The minimum atomic E-state index is -0.573. The van der Waals surface area contributed by atoms with Crippen molar-refractivity contribution in [1.82, 2.24) is 0 Å². The highest BCUT2D eigenvalue weighted by Gasteiger charge is 2.12. The van der Waals surface area contributed by atoms with Gasteiger partial charge in [-0.3, -0.25) is 4.79 Å². The van der Waals surface area contributed by atoms with Crippen LogP contribution in [0.3, 0.4) is 0 Å². The summed E-state index contributed by atoms with van der Waals surface area (Å²) in [4.78, 5) is 12.0. The summed E-state index contributed by atoms with van der Waals surface area (Å²) in [6, 6.07) is -0.643. The smallest absolute Gasteiger partial charge is 0.132 e. The van der Waals surface area contributed by atoms with Crippen LogP contribution >= 0.6 is 0 Å². The van der Waals surface area contributed by atoms with Gasteiger partial charge in [-0.2, -0.15) is 0 Å². The molecular formula is C28H58N2O4. The molecule has 0 amide bonds. The van der Waals surface area contributed by atoms with Crippen molar-refractivity contribution in [3.8, 4) is 0 Å². The maximum atomic E-state index is 12.0. The van der Waals surface area contributed by atoms with Crippen LogP contribution in [0.25, 0.3) is 0 Å². The van der Waals surface area contributed by atoms with Crippen molar-refractivity contribution < 1.29 is 20.1 Å². The van der Waals surface area contributed by atoms with Crippen LogP contribution in [-0.4, -0.2) is 52.0 Å². The van der Waals surface area contributed by atoms with Crippen LogP contribution in [0.1, 0.15) is 142 Å². The fraction of sp³-hybridized carbons (Fsp3) is 0.964. The predicted octanol–water partition coefficient (Wildman–Crippen LogP) is 5.14. The summed E-state index contributed by atoms with van der Waals surface area (Å²) in [7, 11) is 0. The van der Waals surface area contributed by atoms with E-state index >= 15 is 0 Å². The zero-order valence-electron chi connectivity index (χ0n) is 22.3. The summed E-state index contributed by atoms with van der Waals surface area (Å²) in [5.74, 6) is 0.429. The molecule has 4 atom stereocenters. The maximum absolute atomic E-state index is 12.0. The molecule has 0 spiro atoms. The van der Waals surface area contributed by atoms with Crippen LogP contribution in [0.5, 0.6) is 0 Å². The van der Waals surface area contributed by atoms with Crippen molar-refractivity contribution in [2.45, 2.75) is 166 Å². The quantitative estimate of drug-likeness (QED) is 0.108. The number of Topliss-reactive ketones (excluding diaryl/α,β-unsaturated/α-hetero) is 1. The van der Waals surface area contributed by atoms with E-state index < -0.39 is 12.1 Å². The minimum Gasteiger partial charge on any atom is -0.395 e. The molecule has 0 unspecified atom stereocenters. The molecule has 0 rings (SSSR count). The predicted molar refractivity (Wildman–Crippen MR) is 143 cm³/mol. The molecule has 7 N–H and O–H groups in total. The molecule has 0 bridgehead atoms. The molecular weight excluding hydrogens is 428 g/mol. The van der Waals surface area contributed by atoms with Gasteiger partial charge in [0.05, 0.1) is 24.9 Å². The number of rotatable bonds is 26. The van der Waals surface area contributed by atoms with E-state index in [1.54, 1.807) is 0 Å². The van der Waals surface area contributed by atoms with E-state index in [0.717, 1.165) is 70.6 Å². The van der Waals surface area contributed by atoms with Crippen molar-refractivity contribution in [3.05, 3.63) is 0 Å². The first-order valence-electron chi connectivity index (χ1n) is 14.4. The number of carbonyl (C=O) groups is 1. The molecule has 0 radical (unpaired) electrons. The number of ketones is 1. The van der Waals surface area contributed by atoms with Gasteiger partial charge in [0.15, 0.2) is 0 Å². The average Bonchev–Trinajstić information content (AvgIpc) is 2.82. The second kappa shape index (κ2) is 24.2. The van der Waals surface area contributed by atoms with E-state index in [-0.39, 0.29) is 18.8 Å². The van der Waals surface area contributed by atoms with Gasteiger partial charge in [-0.1, -0.05) is 96.3 Å². The Hall–Kier alpha value is -0.530. The topological polar surface area (TPSA) is 130 Å². The zero-order valence-corrected chi connectivity index (χ0v) is 22.3. The molecule has 0 heterocycles. The number of nitrogens with two attached hydrogens (primary N) is 2. The third-order valence-electron chi connectivity index (χ3n) is 6.97. The highest BCUT2D eigenvalue weighted by atomic mass is 16.3. The minimum absolute atomic E-state index is 0.143. The molecule has 34 heavy (non-hydrogen) atoms. The Morgan fingerprint density at radius 3 is 1.26 bits per heavy atom. The molecule has 0 saturated carbocycles. The molecule has 0 aromatic heterocycles. The van der Waals surface area contributed by atoms with Crippen molar-refractivity contribution in [2.75, 3.05) is 6.61 Å². The highest BCUT2D eigenvalue weighted by molar-refractivity contribution is 5.78. The number of hydrogen-bond donors (Lipinski definition) is 5. The first-order valence-corrected chi connectivity index (χ1v) is 14.4. The molecule has 0 aliphatic carbocycles. The Bertz CT molecular complexity index is 448. The van der Waals surface area contributed by atoms with Gasteiger partial charge in [-0.05, 0) is 32.6 Å². The summed E-state index contributed by atoms with van der Waals surface area (Å²) in [6.45, 7) is 1.70. The summed E-state index contributed by atoms with van der Waals surface area (Å²) in [5.41, 5.74) is 11.3. The van der Waals surface area contributed by atoms with Crippen molar-refractivity contribution >= 4 is 5.78 Å². The number of unbranched alkanes of at least 4 members (excludes halogenated alkanes) is 15. The fourth-order valence-electron chi connectivity index (χ4n) is 4.37. The molecule has 0 aliphatic rings. The van der Waals surface area contributed by atoms with Crippen molar-refractivity contribution in [1.29, 1.82) is 0 Å². The Labute approximate surface area is 210 Å². The van der Waals surface area contributed by atoms with E-state index in [4.69, 9.17) is 16.6 Å². The van der Waals surface area contributed by atoms with Gasteiger partial charge in [0.1, 0.15) is 5.78 Å². The summed E-state index contributed by atoms with van der Waals surface area (Å²) >= 11 is 0. The van der Waals surface area contributed by atoms with E-state index in [1.165, 1.54) is 57.8 Å². The first kappa shape index (κ1) is 33.5. The van der Waals surface area contributed by atoms with Gasteiger partial charge in [0, 0.05) is 18.9 Å². The van der Waals surface area contributed by atoms with Crippen LogP contribution in [0, 0.1) is 0 Å². The lowest BCUT2D eigenvalue weighted by Crippen LogP contribution is -2.37. The number of aliphatic hydroxyl groups is 3. The Balaban J connectivity index is 3.26. The molecule has 0 aliphatic heterocycles. The van der Waals surface area contributed by atoms with Crippen LogP contribution in [0.2, 0.25) is 0 Å². The van der Waals surface area contributed by atoms with Gasteiger partial charge in [0.2, 0.25) is 0 Å². The van der Waals surface area contributed by atoms with Crippen molar-refractivity contribution in [3.63, 3.8) is 0 Å². The van der Waals surface area contributed by atoms with Gasteiger partial charge >= 0.3 is 0 Å². The second-order valence-electron chi connectivity index (χ2n) is 10.5. The van der Waals surface area contributed by atoms with Gasteiger partial charge in [-0.25, -0.2) is 0 Å². The molecule has 0 fully saturated rings. The summed E-state index contributed by atoms with van der Waals surface area (Å²) in [6.07, 6.45) is 22.0. The van der Waals surface area contributed by atoms with Crippen molar-refractivity contribution in [2.24, 2.45) is 11.5 Å². The third kappa shape index (κ3) is 22.0. The first-order chi connectivity index (χ1) is 16.4. The molecule has 6 nitrogen and oxygen atoms in total. The average molecular weight is 487 g/mol. The lowest BCUT2D eigenvalue weighted by atomic mass is 10.0. The molecule has 6 heteroatoms. The monoisotopic (exact) mass is 486 g/mol. The third-order valence-corrected chi connectivity index (χ3v) is 6.97. The lowest BCUT2D eigenvalue weighted by Gasteiger charge is -2.15. The Kier molecular flexibility index (Phi) is 23.8. The standard InChI is InChI=1S/C28H58N2O4/c1-24(29)27(33)21-17-14-10-12-16-20-25(32)19-15-11-8-6-4-2-3-5-7-9-13-18-22-28(34)26(30)23-31/h24,26-28,31,33-34H,2-23,29-30H2,1H3/t24-,26-,27-,28+/m0/s1. The van der Waals surface area contributed by atoms with Gasteiger partial charge in [-0.15, -0.1) is 0 Å². The Morgan fingerprint density at radius 1 is 0.588 bits per heavy atom. The highest BCUT2D eigenvalue weighted by Crippen LogP contribution is 2.15. The maximum Gasteiger partial charge on any atom is 0.132 e. The van der Waals surface area contributed by atoms with Gasteiger partial charge < -0.3 is 26.8 Å². The van der Waals surface area contributed by atoms with Crippen LogP contribution in [0.4, 0.5) is 0 Å².